The molecule has 0 spiro atoms. The number of rotatable bonds is 3. The molecule has 0 atom stereocenters. The summed E-state index contributed by atoms with van der Waals surface area (Å²) in [5.74, 6) is -0.793. The van der Waals surface area contributed by atoms with Crippen molar-refractivity contribution in [2.75, 3.05) is 7.11 Å². The summed E-state index contributed by atoms with van der Waals surface area (Å²) in [6.07, 6.45) is -0.0865. The molecule has 7 heteroatoms. The number of aromatic nitrogens is 1. The summed E-state index contributed by atoms with van der Waals surface area (Å²) in [6.45, 7) is 0. The van der Waals surface area contributed by atoms with Gasteiger partial charge in [0.25, 0.3) is 0 Å². The molecular formula is C8H7BrN2O4. The SMILES string of the molecule is COC(=O)Cc1cc(Br)cc([N+](=O)[O-])n1. The van der Waals surface area contributed by atoms with Gasteiger partial charge < -0.3 is 14.9 Å². The Morgan fingerprint density at radius 3 is 2.87 bits per heavy atom. The number of carbonyl (C=O) groups is 1. The fraction of sp³-hybridized carbons (Fsp3) is 0.250. The molecule has 0 aliphatic carbocycles. The van der Waals surface area contributed by atoms with Gasteiger partial charge in [0.1, 0.15) is 6.42 Å². The van der Waals surface area contributed by atoms with Crippen molar-refractivity contribution >= 4 is 27.7 Å². The van der Waals surface area contributed by atoms with Gasteiger partial charge >= 0.3 is 11.8 Å². The Morgan fingerprint density at radius 2 is 2.33 bits per heavy atom. The molecule has 1 aromatic heterocycles. The molecule has 0 N–H and O–H groups in total. The topological polar surface area (TPSA) is 82.3 Å². The molecule has 1 heterocycles. The van der Waals surface area contributed by atoms with Gasteiger partial charge in [-0.15, -0.1) is 0 Å². The summed E-state index contributed by atoms with van der Waals surface area (Å²) in [5.41, 5.74) is 0.294. The van der Waals surface area contributed by atoms with E-state index in [0.717, 1.165) is 0 Å². The van der Waals surface area contributed by atoms with E-state index in [0.29, 0.717) is 10.2 Å². The van der Waals surface area contributed by atoms with E-state index in [9.17, 15) is 14.9 Å². The minimum atomic E-state index is -0.620. The highest BCUT2D eigenvalue weighted by molar-refractivity contribution is 9.10. The van der Waals surface area contributed by atoms with Crippen LogP contribution in [0, 0.1) is 10.1 Å². The third-order valence-electron chi connectivity index (χ3n) is 1.57. The van der Waals surface area contributed by atoms with E-state index in [1.54, 1.807) is 0 Å². The Morgan fingerprint density at radius 1 is 1.67 bits per heavy atom. The van der Waals surface area contributed by atoms with Gasteiger partial charge in [0.05, 0.1) is 13.2 Å². The smallest absolute Gasteiger partial charge is 0.364 e. The van der Waals surface area contributed by atoms with Crippen LogP contribution in [0.4, 0.5) is 5.82 Å². The first-order valence-electron chi connectivity index (χ1n) is 3.90. The molecule has 0 saturated heterocycles. The lowest BCUT2D eigenvalue weighted by atomic mass is 10.3. The maximum absolute atomic E-state index is 10.9. The van der Waals surface area contributed by atoms with Crippen LogP contribution in [0.3, 0.4) is 0 Å². The average molecular weight is 275 g/mol. The van der Waals surface area contributed by atoms with Crippen molar-refractivity contribution in [2.45, 2.75) is 6.42 Å². The van der Waals surface area contributed by atoms with Gasteiger partial charge in [0.15, 0.2) is 5.69 Å². The molecule has 0 aliphatic rings. The normalized spacial score (nSPS) is 9.73. The number of esters is 1. The molecule has 0 saturated carbocycles. The molecule has 1 aromatic rings. The van der Waals surface area contributed by atoms with Crippen LogP contribution in [-0.4, -0.2) is 23.0 Å². The zero-order valence-corrected chi connectivity index (χ0v) is 9.35. The fourth-order valence-electron chi connectivity index (χ4n) is 0.940. The minimum Gasteiger partial charge on any atom is -0.469 e. The first kappa shape index (κ1) is 11.6. The molecule has 0 fully saturated rings. The Bertz CT molecular complexity index is 408. The summed E-state index contributed by atoms with van der Waals surface area (Å²) in [5, 5.41) is 10.5. The van der Waals surface area contributed by atoms with Crippen molar-refractivity contribution in [1.82, 2.24) is 4.98 Å². The van der Waals surface area contributed by atoms with Gasteiger partial charge in [0, 0.05) is 10.5 Å². The van der Waals surface area contributed by atoms with Crippen LogP contribution in [0.2, 0.25) is 0 Å². The van der Waals surface area contributed by atoms with Crippen molar-refractivity contribution in [2.24, 2.45) is 0 Å². The largest absolute Gasteiger partial charge is 0.469 e. The molecule has 0 aliphatic heterocycles. The van der Waals surface area contributed by atoms with Crippen LogP contribution in [0.1, 0.15) is 5.69 Å². The number of carbonyl (C=O) groups excluding carboxylic acids is 1. The van der Waals surface area contributed by atoms with E-state index < -0.39 is 10.9 Å². The number of nitrogens with zero attached hydrogens (tertiary/aromatic N) is 2. The number of ether oxygens (including phenoxy) is 1. The molecular weight excluding hydrogens is 268 g/mol. The van der Waals surface area contributed by atoms with Gasteiger partial charge in [-0.05, 0) is 9.91 Å². The van der Waals surface area contributed by atoms with Gasteiger partial charge in [-0.25, -0.2) is 0 Å². The zero-order valence-electron chi connectivity index (χ0n) is 7.77. The van der Waals surface area contributed by atoms with E-state index in [1.807, 2.05) is 0 Å². The molecule has 6 nitrogen and oxygen atoms in total. The Labute approximate surface area is 93.5 Å². The molecule has 0 amide bonds. The second-order valence-electron chi connectivity index (χ2n) is 2.64. The van der Waals surface area contributed by atoms with Crippen molar-refractivity contribution in [3.8, 4) is 0 Å². The number of hydrogen-bond donors (Lipinski definition) is 0. The van der Waals surface area contributed by atoms with Crippen molar-refractivity contribution in [3.05, 3.63) is 32.4 Å². The lowest BCUT2D eigenvalue weighted by Crippen LogP contribution is -2.07. The fourth-order valence-corrected chi connectivity index (χ4v) is 1.41. The second kappa shape index (κ2) is 4.83. The summed E-state index contributed by atoms with van der Waals surface area (Å²) >= 11 is 3.10. The van der Waals surface area contributed by atoms with Crippen molar-refractivity contribution < 1.29 is 14.5 Å². The number of halogens is 1. The molecule has 0 unspecified atom stereocenters. The summed E-state index contributed by atoms with van der Waals surface area (Å²) < 4.78 is 4.93. The predicted octanol–water partition coefficient (Wildman–Crippen LogP) is 1.47. The van der Waals surface area contributed by atoms with Crippen LogP contribution in [-0.2, 0) is 16.0 Å². The maximum atomic E-state index is 10.9. The lowest BCUT2D eigenvalue weighted by Gasteiger charge is -1.97. The Kier molecular flexibility index (Phi) is 3.73. The summed E-state index contributed by atoms with van der Waals surface area (Å²) in [7, 11) is 1.24. The summed E-state index contributed by atoms with van der Waals surface area (Å²) in [6, 6.07) is 2.80. The first-order valence-corrected chi connectivity index (χ1v) is 4.70. The van der Waals surface area contributed by atoms with E-state index >= 15 is 0 Å². The van der Waals surface area contributed by atoms with Crippen LogP contribution in [0.5, 0.6) is 0 Å². The maximum Gasteiger partial charge on any atom is 0.364 e. The quantitative estimate of drug-likeness (QED) is 0.474. The third-order valence-corrected chi connectivity index (χ3v) is 2.03. The van der Waals surface area contributed by atoms with Crippen LogP contribution in [0.15, 0.2) is 16.6 Å². The molecule has 0 bridgehead atoms. The number of nitro groups is 1. The van der Waals surface area contributed by atoms with E-state index in [4.69, 9.17) is 0 Å². The van der Waals surface area contributed by atoms with Crippen molar-refractivity contribution in [3.63, 3.8) is 0 Å². The summed E-state index contributed by atoms with van der Waals surface area (Å²) in [4.78, 5) is 24.5. The minimum absolute atomic E-state index is 0.0865. The van der Waals surface area contributed by atoms with Gasteiger partial charge in [-0.2, -0.15) is 0 Å². The van der Waals surface area contributed by atoms with Gasteiger partial charge in [-0.3, -0.25) is 4.79 Å². The van der Waals surface area contributed by atoms with Crippen LogP contribution in [0.25, 0.3) is 0 Å². The van der Waals surface area contributed by atoms with Crippen LogP contribution < -0.4 is 0 Å². The number of pyridine rings is 1. The molecule has 80 valence electrons. The Balaban J connectivity index is 2.98. The highest BCUT2D eigenvalue weighted by atomic mass is 79.9. The zero-order chi connectivity index (χ0) is 11.4. The molecule has 0 radical (unpaired) electrons. The highest BCUT2D eigenvalue weighted by Gasteiger charge is 2.15. The lowest BCUT2D eigenvalue weighted by molar-refractivity contribution is -0.389. The molecule has 1 rings (SSSR count). The average Bonchev–Trinajstić information content (AvgIpc) is 2.16. The van der Waals surface area contributed by atoms with Crippen molar-refractivity contribution in [1.29, 1.82) is 0 Å². The Hall–Kier alpha value is -1.50. The van der Waals surface area contributed by atoms with E-state index in [-0.39, 0.29) is 12.2 Å². The molecule has 15 heavy (non-hydrogen) atoms. The number of hydrogen-bond acceptors (Lipinski definition) is 5. The first-order chi connectivity index (χ1) is 7.02. The molecule has 0 aromatic carbocycles. The van der Waals surface area contributed by atoms with Gasteiger partial charge in [-0.1, -0.05) is 15.9 Å². The van der Waals surface area contributed by atoms with E-state index in [1.165, 1.54) is 19.2 Å². The van der Waals surface area contributed by atoms with Crippen LogP contribution >= 0.6 is 15.9 Å². The second-order valence-corrected chi connectivity index (χ2v) is 3.56. The van der Waals surface area contributed by atoms with Gasteiger partial charge in [0.2, 0.25) is 0 Å². The third kappa shape index (κ3) is 3.28. The highest BCUT2D eigenvalue weighted by Crippen LogP contribution is 2.18. The standard InChI is InChI=1S/C8H7BrN2O4/c1-15-8(12)4-6-2-5(9)3-7(10-6)11(13)14/h2-3H,4H2,1H3. The number of methoxy groups -OCH3 is 1. The monoisotopic (exact) mass is 274 g/mol. The van der Waals surface area contributed by atoms with E-state index in [2.05, 4.69) is 25.7 Å². The predicted molar refractivity (Wildman–Crippen MR) is 54.3 cm³/mol.